The second-order valence-electron chi connectivity index (χ2n) is 5.96. The first-order valence-corrected chi connectivity index (χ1v) is 8.35. The van der Waals surface area contributed by atoms with Crippen LogP contribution >= 0.6 is 0 Å². The van der Waals surface area contributed by atoms with Gasteiger partial charge in [-0.3, -0.25) is 4.98 Å². The van der Waals surface area contributed by atoms with Gasteiger partial charge in [0.05, 0.1) is 5.52 Å². The average Bonchev–Trinajstić information content (AvgIpc) is 2.48. The van der Waals surface area contributed by atoms with Crippen LogP contribution in [0.5, 0.6) is 0 Å². The number of nitrogens with two attached hydrogens (primary N) is 1. The predicted molar refractivity (Wildman–Crippen MR) is 92.7 cm³/mol. The Morgan fingerprint density at radius 2 is 1.81 bits per heavy atom. The summed E-state index contributed by atoms with van der Waals surface area (Å²) in [6.07, 6.45) is 8.69. The minimum Gasteiger partial charge on any atom is -0.398 e. The van der Waals surface area contributed by atoms with Crippen LogP contribution in [0.3, 0.4) is 0 Å². The van der Waals surface area contributed by atoms with E-state index in [1.807, 2.05) is 6.07 Å². The number of fused-ring (bicyclic) bond motifs is 1. The van der Waals surface area contributed by atoms with Crippen LogP contribution in [0.2, 0.25) is 0 Å². The molecule has 114 valence electrons. The first-order chi connectivity index (χ1) is 10.2. The summed E-state index contributed by atoms with van der Waals surface area (Å²) in [5, 5.41) is 1.23. The van der Waals surface area contributed by atoms with E-state index in [0.717, 1.165) is 24.0 Å². The SMILES string of the molecule is CCCCCCCc1cc2ccc(N)c(CC)c2nc1C. The summed E-state index contributed by atoms with van der Waals surface area (Å²) >= 11 is 0. The van der Waals surface area contributed by atoms with Crippen molar-refractivity contribution in [1.29, 1.82) is 0 Å². The summed E-state index contributed by atoms with van der Waals surface area (Å²) in [5.74, 6) is 0. The van der Waals surface area contributed by atoms with Crippen LogP contribution in [-0.2, 0) is 12.8 Å². The highest BCUT2D eigenvalue weighted by molar-refractivity contribution is 5.87. The zero-order chi connectivity index (χ0) is 15.2. The summed E-state index contributed by atoms with van der Waals surface area (Å²) in [7, 11) is 0. The van der Waals surface area contributed by atoms with Gasteiger partial charge in [0, 0.05) is 22.3 Å². The number of nitrogens with zero attached hydrogens (tertiary/aromatic N) is 1. The molecule has 0 bridgehead atoms. The van der Waals surface area contributed by atoms with Crippen LogP contribution in [0, 0.1) is 6.92 Å². The van der Waals surface area contributed by atoms with Crippen molar-refractivity contribution in [3.8, 4) is 0 Å². The lowest BCUT2D eigenvalue weighted by Crippen LogP contribution is -2.00. The zero-order valence-electron chi connectivity index (χ0n) is 13.7. The van der Waals surface area contributed by atoms with E-state index >= 15 is 0 Å². The fraction of sp³-hybridized carbons (Fsp3) is 0.526. The molecule has 0 saturated carbocycles. The third kappa shape index (κ3) is 3.75. The monoisotopic (exact) mass is 284 g/mol. The molecule has 1 heterocycles. The largest absolute Gasteiger partial charge is 0.398 e. The Labute approximate surface area is 128 Å². The molecule has 2 rings (SSSR count). The smallest absolute Gasteiger partial charge is 0.0757 e. The van der Waals surface area contributed by atoms with E-state index in [0.29, 0.717) is 0 Å². The number of pyridine rings is 1. The summed E-state index contributed by atoms with van der Waals surface area (Å²) in [4.78, 5) is 4.84. The van der Waals surface area contributed by atoms with E-state index < -0.39 is 0 Å². The van der Waals surface area contributed by atoms with Crippen molar-refractivity contribution in [1.82, 2.24) is 4.98 Å². The van der Waals surface area contributed by atoms with Crippen LogP contribution in [0.1, 0.15) is 62.8 Å². The van der Waals surface area contributed by atoms with Gasteiger partial charge in [0.1, 0.15) is 0 Å². The van der Waals surface area contributed by atoms with Gasteiger partial charge in [0.2, 0.25) is 0 Å². The number of hydrogen-bond donors (Lipinski definition) is 1. The molecular weight excluding hydrogens is 256 g/mol. The van der Waals surface area contributed by atoms with E-state index in [-0.39, 0.29) is 0 Å². The van der Waals surface area contributed by atoms with E-state index in [9.17, 15) is 0 Å². The van der Waals surface area contributed by atoms with E-state index in [1.165, 1.54) is 54.3 Å². The number of rotatable bonds is 7. The number of hydrogen-bond acceptors (Lipinski definition) is 2. The van der Waals surface area contributed by atoms with Crippen molar-refractivity contribution >= 4 is 16.6 Å². The van der Waals surface area contributed by atoms with Crippen molar-refractivity contribution in [3.63, 3.8) is 0 Å². The number of aromatic nitrogens is 1. The van der Waals surface area contributed by atoms with Crippen molar-refractivity contribution in [2.45, 2.75) is 65.7 Å². The maximum Gasteiger partial charge on any atom is 0.0757 e. The molecule has 0 unspecified atom stereocenters. The second kappa shape index (κ2) is 7.44. The van der Waals surface area contributed by atoms with E-state index in [2.05, 4.69) is 32.9 Å². The van der Waals surface area contributed by atoms with Crippen molar-refractivity contribution in [3.05, 3.63) is 35.0 Å². The Morgan fingerprint density at radius 3 is 2.52 bits per heavy atom. The Bertz CT molecular complexity index is 602. The van der Waals surface area contributed by atoms with Crippen molar-refractivity contribution in [2.24, 2.45) is 0 Å². The Kier molecular flexibility index (Phi) is 5.60. The molecule has 1 aromatic heterocycles. The molecule has 1 aromatic carbocycles. The third-order valence-corrected chi connectivity index (χ3v) is 4.33. The number of benzene rings is 1. The Morgan fingerprint density at radius 1 is 1.05 bits per heavy atom. The molecule has 0 radical (unpaired) electrons. The number of unbranched alkanes of at least 4 members (excludes halogenated alkanes) is 4. The highest BCUT2D eigenvalue weighted by Gasteiger charge is 2.08. The highest BCUT2D eigenvalue weighted by atomic mass is 14.7. The van der Waals surface area contributed by atoms with Gasteiger partial charge in [0.15, 0.2) is 0 Å². The summed E-state index contributed by atoms with van der Waals surface area (Å²) in [5.41, 5.74) is 11.8. The standard InChI is InChI=1S/C19H28N2/c1-4-6-7-8-9-10-15-13-16-11-12-18(20)17(5-2)19(16)21-14(15)3/h11-13H,4-10,20H2,1-3H3. The lowest BCUT2D eigenvalue weighted by Gasteiger charge is -2.11. The summed E-state index contributed by atoms with van der Waals surface area (Å²) < 4.78 is 0. The van der Waals surface area contributed by atoms with Gasteiger partial charge in [-0.1, -0.05) is 45.6 Å². The molecule has 2 nitrogen and oxygen atoms in total. The molecule has 0 atom stereocenters. The van der Waals surface area contributed by atoms with Gasteiger partial charge < -0.3 is 5.73 Å². The summed E-state index contributed by atoms with van der Waals surface area (Å²) in [6, 6.07) is 6.44. The average molecular weight is 284 g/mol. The van der Waals surface area contributed by atoms with Gasteiger partial charge in [-0.25, -0.2) is 0 Å². The molecule has 0 saturated heterocycles. The second-order valence-corrected chi connectivity index (χ2v) is 5.96. The van der Waals surface area contributed by atoms with Gasteiger partial charge >= 0.3 is 0 Å². The number of anilines is 1. The molecule has 2 heteroatoms. The normalized spacial score (nSPS) is 11.2. The fourth-order valence-corrected chi connectivity index (χ4v) is 2.99. The maximum atomic E-state index is 6.07. The minimum atomic E-state index is 0.865. The van der Waals surface area contributed by atoms with Crippen LogP contribution in [0.15, 0.2) is 18.2 Å². The number of nitrogen functional groups attached to an aromatic ring is 1. The third-order valence-electron chi connectivity index (χ3n) is 4.33. The first kappa shape index (κ1) is 15.8. The molecule has 21 heavy (non-hydrogen) atoms. The molecule has 0 aliphatic rings. The molecule has 2 N–H and O–H groups in total. The predicted octanol–water partition coefficient (Wildman–Crippen LogP) is 5.20. The minimum absolute atomic E-state index is 0.865. The van der Waals surface area contributed by atoms with Gasteiger partial charge in [-0.05, 0) is 43.9 Å². The topological polar surface area (TPSA) is 38.9 Å². The number of aryl methyl sites for hydroxylation is 3. The van der Waals surface area contributed by atoms with Gasteiger partial charge in [-0.15, -0.1) is 0 Å². The molecule has 0 aliphatic heterocycles. The van der Waals surface area contributed by atoms with Crippen molar-refractivity contribution < 1.29 is 0 Å². The van der Waals surface area contributed by atoms with Crippen molar-refractivity contribution in [2.75, 3.05) is 5.73 Å². The van der Waals surface area contributed by atoms with Crippen LogP contribution < -0.4 is 5.73 Å². The quantitative estimate of drug-likeness (QED) is 0.560. The Hall–Kier alpha value is -1.57. The highest BCUT2D eigenvalue weighted by Crippen LogP contribution is 2.26. The zero-order valence-corrected chi connectivity index (χ0v) is 13.7. The van der Waals surface area contributed by atoms with Crippen LogP contribution in [-0.4, -0.2) is 4.98 Å². The molecular formula is C19H28N2. The van der Waals surface area contributed by atoms with Crippen LogP contribution in [0.25, 0.3) is 10.9 Å². The molecule has 0 fully saturated rings. The van der Waals surface area contributed by atoms with Gasteiger partial charge in [0.25, 0.3) is 0 Å². The summed E-state index contributed by atoms with van der Waals surface area (Å²) in [6.45, 7) is 6.53. The van der Waals surface area contributed by atoms with E-state index in [1.54, 1.807) is 0 Å². The molecule has 0 spiro atoms. The van der Waals surface area contributed by atoms with Crippen LogP contribution in [0.4, 0.5) is 5.69 Å². The maximum absolute atomic E-state index is 6.07. The fourth-order valence-electron chi connectivity index (χ4n) is 2.99. The Balaban J connectivity index is 2.19. The van der Waals surface area contributed by atoms with Gasteiger partial charge in [-0.2, -0.15) is 0 Å². The lowest BCUT2D eigenvalue weighted by atomic mass is 9.99. The molecule has 0 amide bonds. The first-order valence-electron chi connectivity index (χ1n) is 8.35. The lowest BCUT2D eigenvalue weighted by molar-refractivity contribution is 0.631. The molecule has 2 aromatic rings. The van der Waals surface area contributed by atoms with E-state index in [4.69, 9.17) is 10.7 Å². The molecule has 0 aliphatic carbocycles.